The first kappa shape index (κ1) is 25.9. The first-order chi connectivity index (χ1) is 12.3. The lowest BCUT2D eigenvalue weighted by atomic mass is 10.3. The molecular formula is C17H29FIN3O4S. The van der Waals surface area contributed by atoms with E-state index in [1.807, 2.05) is 18.9 Å². The molecular weight excluding hydrogens is 488 g/mol. The second-order valence-electron chi connectivity index (χ2n) is 5.70. The summed E-state index contributed by atoms with van der Waals surface area (Å²) in [6.07, 6.45) is 1.18. The molecule has 0 spiro atoms. The van der Waals surface area contributed by atoms with Crippen LogP contribution in [0, 0.1) is 5.82 Å². The Bertz CT molecular complexity index is 657. The number of halogens is 2. The predicted molar refractivity (Wildman–Crippen MR) is 116 cm³/mol. The van der Waals surface area contributed by atoms with Gasteiger partial charge in [0.25, 0.3) is 0 Å². The summed E-state index contributed by atoms with van der Waals surface area (Å²) in [6.45, 7) is 4.67. The number of hydrogen-bond donors (Lipinski definition) is 1. The van der Waals surface area contributed by atoms with E-state index in [0.717, 1.165) is 6.54 Å². The summed E-state index contributed by atoms with van der Waals surface area (Å²) in [5, 5.41) is 3.17. The molecule has 0 bridgehead atoms. The zero-order valence-corrected chi connectivity index (χ0v) is 19.1. The van der Waals surface area contributed by atoms with Gasteiger partial charge in [0.2, 0.25) is 0 Å². The Balaban J connectivity index is 0.00000676. The van der Waals surface area contributed by atoms with Crippen molar-refractivity contribution in [1.82, 2.24) is 10.2 Å². The molecule has 27 heavy (non-hydrogen) atoms. The second-order valence-corrected chi connectivity index (χ2v) is 7.96. The molecule has 0 amide bonds. The van der Waals surface area contributed by atoms with Crippen LogP contribution >= 0.6 is 24.0 Å². The molecule has 0 atom stereocenters. The van der Waals surface area contributed by atoms with Crippen molar-refractivity contribution < 1.29 is 22.3 Å². The zero-order chi connectivity index (χ0) is 19.4. The summed E-state index contributed by atoms with van der Waals surface area (Å²) < 4.78 is 45.7. The number of guanidine groups is 1. The number of benzene rings is 1. The van der Waals surface area contributed by atoms with Crippen LogP contribution in [0.4, 0.5) is 4.39 Å². The van der Waals surface area contributed by atoms with Gasteiger partial charge in [-0.3, -0.25) is 4.99 Å². The molecule has 0 unspecified atom stereocenters. The highest BCUT2D eigenvalue weighted by Gasteiger charge is 2.06. The number of nitrogens with one attached hydrogen (secondary N) is 1. The fourth-order valence-electron chi connectivity index (χ4n) is 1.94. The van der Waals surface area contributed by atoms with Gasteiger partial charge in [-0.2, -0.15) is 0 Å². The molecule has 0 aromatic heterocycles. The van der Waals surface area contributed by atoms with Crippen molar-refractivity contribution in [2.45, 2.75) is 6.92 Å². The summed E-state index contributed by atoms with van der Waals surface area (Å²) >= 11 is 0. The van der Waals surface area contributed by atoms with Gasteiger partial charge in [-0.05, 0) is 31.2 Å². The van der Waals surface area contributed by atoms with Crippen molar-refractivity contribution in [1.29, 1.82) is 0 Å². The molecule has 0 saturated heterocycles. The third-order valence-corrected chi connectivity index (χ3v) is 4.21. The van der Waals surface area contributed by atoms with E-state index in [0.29, 0.717) is 38.0 Å². The number of nitrogens with zero attached hydrogens (tertiary/aromatic N) is 2. The van der Waals surface area contributed by atoms with E-state index in [1.54, 1.807) is 12.1 Å². The maximum atomic E-state index is 12.9. The average Bonchev–Trinajstić information content (AvgIpc) is 2.57. The summed E-state index contributed by atoms with van der Waals surface area (Å²) in [4.78, 5) is 6.36. The molecule has 10 heteroatoms. The van der Waals surface area contributed by atoms with Gasteiger partial charge in [-0.1, -0.05) is 0 Å². The topological polar surface area (TPSA) is 80.2 Å². The Kier molecular flexibility index (Phi) is 13.4. The Morgan fingerprint density at radius 2 is 1.89 bits per heavy atom. The van der Waals surface area contributed by atoms with Crippen LogP contribution < -0.4 is 10.1 Å². The number of rotatable bonds is 11. The quantitative estimate of drug-likeness (QED) is 0.209. The second kappa shape index (κ2) is 13.9. The standard InChI is InChI=1S/C17H28FN3O4S.HI/c1-4-19-17(20-9-11-24-13-14-26(3,22)23)21(2)10-12-25-16-7-5-15(18)6-8-16;/h5-8H,4,9-14H2,1-3H3,(H,19,20);1H. The fraction of sp³-hybridized carbons (Fsp3) is 0.588. The molecule has 0 radical (unpaired) electrons. The Morgan fingerprint density at radius 3 is 2.48 bits per heavy atom. The number of aliphatic imine (C=N–C) groups is 1. The molecule has 0 aliphatic rings. The number of sulfone groups is 1. The molecule has 1 aromatic carbocycles. The van der Waals surface area contributed by atoms with Crippen LogP contribution in [0.15, 0.2) is 29.3 Å². The smallest absolute Gasteiger partial charge is 0.193 e. The summed E-state index contributed by atoms with van der Waals surface area (Å²) in [5.74, 6) is 1.04. The SMILES string of the molecule is CCNC(=NCCOCCS(C)(=O)=O)N(C)CCOc1ccc(F)cc1.I. The first-order valence-corrected chi connectivity index (χ1v) is 10.5. The van der Waals surface area contributed by atoms with E-state index in [4.69, 9.17) is 9.47 Å². The molecule has 0 aliphatic carbocycles. The Labute approximate surface area is 178 Å². The van der Waals surface area contributed by atoms with Crippen LogP contribution in [0.1, 0.15) is 6.92 Å². The number of hydrogen-bond acceptors (Lipinski definition) is 5. The van der Waals surface area contributed by atoms with Gasteiger partial charge >= 0.3 is 0 Å². The molecule has 1 N–H and O–H groups in total. The van der Waals surface area contributed by atoms with Crippen LogP contribution in [0.3, 0.4) is 0 Å². The van der Waals surface area contributed by atoms with E-state index < -0.39 is 9.84 Å². The molecule has 1 rings (SSSR count). The van der Waals surface area contributed by atoms with Gasteiger partial charge in [-0.15, -0.1) is 24.0 Å². The zero-order valence-electron chi connectivity index (χ0n) is 16.0. The Hall–Kier alpha value is -1.14. The van der Waals surface area contributed by atoms with Crippen LogP contribution in [-0.4, -0.2) is 77.8 Å². The van der Waals surface area contributed by atoms with Crippen molar-refractivity contribution in [3.8, 4) is 5.75 Å². The lowest BCUT2D eigenvalue weighted by molar-refractivity contribution is 0.157. The maximum Gasteiger partial charge on any atom is 0.193 e. The molecule has 0 heterocycles. The van der Waals surface area contributed by atoms with E-state index in [-0.39, 0.29) is 42.2 Å². The lowest BCUT2D eigenvalue weighted by Gasteiger charge is -2.22. The highest BCUT2D eigenvalue weighted by molar-refractivity contribution is 14.0. The third-order valence-electron chi connectivity index (χ3n) is 3.30. The first-order valence-electron chi connectivity index (χ1n) is 8.45. The molecule has 0 aliphatic heterocycles. The van der Waals surface area contributed by atoms with Crippen LogP contribution in [0.25, 0.3) is 0 Å². The monoisotopic (exact) mass is 517 g/mol. The molecule has 0 saturated carbocycles. The molecule has 1 aromatic rings. The minimum Gasteiger partial charge on any atom is -0.492 e. The predicted octanol–water partition coefficient (Wildman–Crippen LogP) is 1.78. The fourth-order valence-corrected chi connectivity index (χ4v) is 2.36. The number of ether oxygens (including phenoxy) is 2. The van der Waals surface area contributed by atoms with Gasteiger partial charge in [0.15, 0.2) is 5.96 Å². The van der Waals surface area contributed by atoms with Crippen molar-refractivity contribution in [3.05, 3.63) is 30.1 Å². The largest absolute Gasteiger partial charge is 0.492 e. The van der Waals surface area contributed by atoms with E-state index in [2.05, 4.69) is 10.3 Å². The van der Waals surface area contributed by atoms with Gasteiger partial charge in [0.05, 0.1) is 32.1 Å². The van der Waals surface area contributed by atoms with Gasteiger partial charge in [-0.25, -0.2) is 12.8 Å². The summed E-state index contributed by atoms with van der Waals surface area (Å²) in [5.41, 5.74) is 0. The van der Waals surface area contributed by atoms with Crippen LogP contribution in [-0.2, 0) is 14.6 Å². The summed E-state index contributed by atoms with van der Waals surface area (Å²) in [7, 11) is -1.11. The highest BCUT2D eigenvalue weighted by atomic mass is 127. The van der Waals surface area contributed by atoms with Crippen LogP contribution in [0.2, 0.25) is 0 Å². The van der Waals surface area contributed by atoms with Crippen LogP contribution in [0.5, 0.6) is 5.75 Å². The Morgan fingerprint density at radius 1 is 1.22 bits per heavy atom. The average molecular weight is 517 g/mol. The van der Waals surface area contributed by atoms with Gasteiger partial charge in [0.1, 0.15) is 28.0 Å². The van der Waals surface area contributed by atoms with Gasteiger partial charge in [0, 0.05) is 19.8 Å². The van der Waals surface area contributed by atoms with Crippen molar-refractivity contribution in [3.63, 3.8) is 0 Å². The lowest BCUT2D eigenvalue weighted by Crippen LogP contribution is -2.41. The molecule has 0 fully saturated rings. The van der Waals surface area contributed by atoms with Crippen molar-refractivity contribution >= 4 is 39.8 Å². The van der Waals surface area contributed by atoms with Crippen molar-refractivity contribution in [2.24, 2.45) is 4.99 Å². The van der Waals surface area contributed by atoms with E-state index >= 15 is 0 Å². The summed E-state index contributed by atoms with van der Waals surface area (Å²) in [6, 6.07) is 5.88. The van der Waals surface area contributed by atoms with Gasteiger partial charge < -0.3 is 19.7 Å². The maximum absolute atomic E-state index is 12.9. The molecule has 156 valence electrons. The third kappa shape index (κ3) is 12.8. The van der Waals surface area contributed by atoms with Crippen molar-refractivity contribution in [2.75, 3.05) is 58.5 Å². The van der Waals surface area contributed by atoms with E-state index in [1.165, 1.54) is 18.4 Å². The minimum absolute atomic E-state index is 0. The number of likely N-dealkylation sites (N-methyl/N-ethyl adjacent to an activating group) is 1. The minimum atomic E-state index is -3.00. The highest BCUT2D eigenvalue weighted by Crippen LogP contribution is 2.10. The normalized spacial score (nSPS) is 11.6. The molecule has 7 nitrogen and oxygen atoms in total. The van der Waals surface area contributed by atoms with E-state index in [9.17, 15) is 12.8 Å².